The lowest BCUT2D eigenvalue weighted by Gasteiger charge is -2.25. The third-order valence-corrected chi connectivity index (χ3v) is 5.59. The molecular weight excluding hydrogens is 300 g/mol. The molecule has 1 saturated heterocycles. The highest BCUT2D eigenvalue weighted by Gasteiger charge is 2.32. The minimum atomic E-state index is -0.0759. The van der Waals surface area contributed by atoms with E-state index in [9.17, 15) is 0 Å². The van der Waals surface area contributed by atoms with Crippen molar-refractivity contribution in [3.8, 4) is 0 Å². The van der Waals surface area contributed by atoms with E-state index in [4.69, 9.17) is 5.73 Å². The van der Waals surface area contributed by atoms with E-state index < -0.39 is 0 Å². The average molecular weight is 323 g/mol. The summed E-state index contributed by atoms with van der Waals surface area (Å²) in [6.45, 7) is 2.38. The fourth-order valence-corrected chi connectivity index (χ4v) is 4.35. The molecule has 3 heteroatoms. The van der Waals surface area contributed by atoms with E-state index in [1.54, 1.807) is 0 Å². The second-order valence-electron chi connectivity index (χ2n) is 6.35. The first-order valence-corrected chi connectivity index (χ1v) is 8.15. The Morgan fingerprint density at radius 3 is 2.63 bits per heavy atom. The summed E-state index contributed by atoms with van der Waals surface area (Å²) in [6.07, 6.45) is 6.06. The largest absolute Gasteiger partial charge is 0.321 e. The summed E-state index contributed by atoms with van der Waals surface area (Å²) >= 11 is 3.77. The Balaban J connectivity index is 1.85. The van der Waals surface area contributed by atoms with Crippen molar-refractivity contribution in [1.29, 1.82) is 0 Å². The van der Waals surface area contributed by atoms with Crippen LogP contribution in [-0.4, -0.2) is 25.0 Å². The van der Waals surface area contributed by atoms with Gasteiger partial charge in [0, 0.05) is 16.6 Å². The van der Waals surface area contributed by atoms with Crippen LogP contribution in [0.25, 0.3) is 0 Å². The summed E-state index contributed by atoms with van der Waals surface area (Å²) in [5.74, 6) is 0.672. The number of nitrogens with two attached hydrogens (primary N) is 1. The van der Waals surface area contributed by atoms with Crippen LogP contribution in [0.3, 0.4) is 0 Å². The normalized spacial score (nSPS) is 27.0. The summed E-state index contributed by atoms with van der Waals surface area (Å²) in [4.78, 5) is 2.41. The molecular formula is C16H23BrN2. The molecule has 2 N–H and O–H groups in total. The Morgan fingerprint density at radius 1 is 1.32 bits per heavy atom. The Labute approximate surface area is 124 Å². The van der Waals surface area contributed by atoms with Gasteiger partial charge in [0.25, 0.3) is 0 Å². The van der Waals surface area contributed by atoms with Crippen LogP contribution in [0, 0.1) is 0 Å². The van der Waals surface area contributed by atoms with E-state index >= 15 is 0 Å². The lowest BCUT2D eigenvalue weighted by Crippen LogP contribution is -2.33. The highest BCUT2D eigenvalue weighted by molar-refractivity contribution is 9.10. The summed E-state index contributed by atoms with van der Waals surface area (Å²) < 4.78 is 1.25. The van der Waals surface area contributed by atoms with Gasteiger partial charge in [0.2, 0.25) is 0 Å². The SMILES string of the molecule is CN1CCC(c2ccc(C3(N)CCCC3)cc2Br)C1. The Morgan fingerprint density at radius 2 is 2.05 bits per heavy atom. The minimum Gasteiger partial charge on any atom is -0.321 e. The van der Waals surface area contributed by atoms with Gasteiger partial charge in [0.15, 0.2) is 0 Å². The van der Waals surface area contributed by atoms with Gasteiger partial charge in [-0.2, -0.15) is 0 Å². The monoisotopic (exact) mass is 322 g/mol. The lowest BCUT2D eigenvalue weighted by atomic mass is 9.87. The molecule has 2 aliphatic rings. The van der Waals surface area contributed by atoms with Crippen molar-refractivity contribution in [2.75, 3.05) is 20.1 Å². The predicted molar refractivity (Wildman–Crippen MR) is 83.3 cm³/mol. The second-order valence-corrected chi connectivity index (χ2v) is 7.20. The van der Waals surface area contributed by atoms with Gasteiger partial charge in [-0.3, -0.25) is 0 Å². The zero-order chi connectivity index (χ0) is 13.5. The van der Waals surface area contributed by atoms with Crippen LogP contribution < -0.4 is 5.73 Å². The maximum atomic E-state index is 6.55. The maximum absolute atomic E-state index is 6.55. The fourth-order valence-electron chi connectivity index (χ4n) is 3.65. The van der Waals surface area contributed by atoms with Gasteiger partial charge in [0.05, 0.1) is 0 Å². The molecule has 1 aromatic rings. The van der Waals surface area contributed by atoms with Crippen LogP contribution in [0.2, 0.25) is 0 Å². The lowest BCUT2D eigenvalue weighted by molar-refractivity contribution is 0.411. The number of hydrogen-bond donors (Lipinski definition) is 1. The topological polar surface area (TPSA) is 29.3 Å². The van der Waals surface area contributed by atoms with Crippen molar-refractivity contribution in [2.45, 2.75) is 43.6 Å². The van der Waals surface area contributed by atoms with Crippen molar-refractivity contribution in [2.24, 2.45) is 5.73 Å². The summed E-state index contributed by atoms with van der Waals surface area (Å²) in [6, 6.07) is 6.85. The highest BCUT2D eigenvalue weighted by atomic mass is 79.9. The third kappa shape index (κ3) is 2.61. The van der Waals surface area contributed by atoms with Crippen LogP contribution in [0.15, 0.2) is 22.7 Å². The third-order valence-electron chi connectivity index (χ3n) is 4.90. The first-order chi connectivity index (χ1) is 9.08. The van der Waals surface area contributed by atoms with Gasteiger partial charge < -0.3 is 10.6 Å². The Bertz CT molecular complexity index is 466. The molecule has 1 unspecified atom stereocenters. The van der Waals surface area contributed by atoms with E-state index in [0.29, 0.717) is 5.92 Å². The molecule has 0 bridgehead atoms. The second kappa shape index (κ2) is 5.19. The zero-order valence-corrected chi connectivity index (χ0v) is 13.2. The number of rotatable bonds is 2. The number of likely N-dealkylation sites (tertiary alicyclic amines) is 1. The molecule has 0 aromatic heterocycles. The maximum Gasteiger partial charge on any atom is 0.0410 e. The molecule has 19 heavy (non-hydrogen) atoms. The Kier molecular flexibility index (Phi) is 3.71. The van der Waals surface area contributed by atoms with Gasteiger partial charge in [-0.25, -0.2) is 0 Å². The summed E-state index contributed by atoms with van der Waals surface area (Å²) in [5, 5.41) is 0. The van der Waals surface area contributed by atoms with Crippen molar-refractivity contribution >= 4 is 15.9 Å². The van der Waals surface area contributed by atoms with E-state index in [2.05, 4.69) is 46.1 Å². The molecule has 0 radical (unpaired) electrons. The molecule has 2 fully saturated rings. The highest BCUT2D eigenvalue weighted by Crippen LogP contribution is 2.39. The molecule has 1 saturated carbocycles. The number of nitrogens with zero attached hydrogens (tertiary/aromatic N) is 1. The van der Waals surface area contributed by atoms with Crippen LogP contribution in [0.1, 0.15) is 49.1 Å². The standard InChI is InChI=1S/C16H23BrN2/c1-19-9-6-12(11-19)14-5-4-13(10-15(14)17)16(18)7-2-3-8-16/h4-5,10,12H,2-3,6-9,11,18H2,1H3. The molecule has 1 atom stereocenters. The molecule has 1 aromatic carbocycles. The summed E-state index contributed by atoms with van der Waals surface area (Å²) in [7, 11) is 2.20. The van der Waals surface area contributed by atoms with Gasteiger partial charge in [-0.15, -0.1) is 0 Å². The van der Waals surface area contributed by atoms with E-state index in [0.717, 1.165) is 12.8 Å². The van der Waals surface area contributed by atoms with Crippen molar-refractivity contribution in [3.05, 3.63) is 33.8 Å². The summed E-state index contributed by atoms with van der Waals surface area (Å²) in [5.41, 5.74) is 9.24. The first kappa shape index (κ1) is 13.6. The molecule has 0 amide bonds. The molecule has 104 valence electrons. The van der Waals surface area contributed by atoms with Gasteiger partial charge in [-0.1, -0.05) is 40.9 Å². The quantitative estimate of drug-likeness (QED) is 0.901. The molecule has 1 aliphatic heterocycles. The van der Waals surface area contributed by atoms with Crippen LogP contribution in [0.4, 0.5) is 0 Å². The Hall–Kier alpha value is -0.380. The van der Waals surface area contributed by atoms with Crippen LogP contribution in [-0.2, 0) is 5.54 Å². The first-order valence-electron chi connectivity index (χ1n) is 7.36. The molecule has 1 aliphatic carbocycles. The van der Waals surface area contributed by atoms with E-state index in [-0.39, 0.29) is 5.54 Å². The number of hydrogen-bond acceptors (Lipinski definition) is 2. The molecule has 3 rings (SSSR count). The predicted octanol–water partition coefficient (Wildman–Crippen LogP) is 3.60. The molecule has 0 spiro atoms. The molecule has 2 nitrogen and oxygen atoms in total. The minimum absolute atomic E-state index is 0.0759. The smallest absolute Gasteiger partial charge is 0.0410 e. The molecule has 1 heterocycles. The number of likely N-dealkylation sites (N-methyl/N-ethyl adjacent to an activating group) is 1. The van der Waals surface area contributed by atoms with Gasteiger partial charge in [0.1, 0.15) is 0 Å². The van der Waals surface area contributed by atoms with Crippen molar-refractivity contribution in [1.82, 2.24) is 4.90 Å². The van der Waals surface area contributed by atoms with Crippen molar-refractivity contribution in [3.63, 3.8) is 0 Å². The average Bonchev–Trinajstić information content (AvgIpc) is 2.99. The van der Waals surface area contributed by atoms with Crippen molar-refractivity contribution < 1.29 is 0 Å². The van der Waals surface area contributed by atoms with E-state index in [1.165, 1.54) is 48.0 Å². The zero-order valence-electron chi connectivity index (χ0n) is 11.7. The van der Waals surface area contributed by atoms with Crippen LogP contribution in [0.5, 0.6) is 0 Å². The van der Waals surface area contributed by atoms with Crippen LogP contribution >= 0.6 is 15.9 Å². The van der Waals surface area contributed by atoms with Gasteiger partial charge >= 0.3 is 0 Å². The number of halogens is 1. The van der Waals surface area contributed by atoms with Gasteiger partial charge in [-0.05, 0) is 56.0 Å². The van der Waals surface area contributed by atoms with E-state index in [1.807, 2.05) is 0 Å². The number of benzene rings is 1. The fraction of sp³-hybridized carbons (Fsp3) is 0.625.